The van der Waals surface area contributed by atoms with Gasteiger partial charge in [-0.05, 0) is 16.7 Å². The largest absolute Gasteiger partial charge is 0.344 e. The Hall–Kier alpha value is -4.35. The fourth-order valence-corrected chi connectivity index (χ4v) is 2.98. The molecule has 32 heavy (non-hydrogen) atoms. The number of rotatable bonds is 11. The number of carbonyl (C=O) groups is 3. The second-order valence-corrected chi connectivity index (χ2v) is 6.83. The molecule has 0 aliphatic heterocycles. The van der Waals surface area contributed by atoms with Crippen molar-refractivity contribution >= 4 is 17.7 Å². The van der Waals surface area contributed by atoms with Crippen molar-refractivity contribution in [2.75, 3.05) is 13.1 Å². The highest BCUT2D eigenvalue weighted by atomic mass is 16.2. The number of amides is 3. The third kappa shape index (κ3) is 8.18. The molecule has 0 saturated heterocycles. The van der Waals surface area contributed by atoms with Crippen molar-refractivity contribution in [1.29, 1.82) is 5.26 Å². The summed E-state index contributed by atoms with van der Waals surface area (Å²) in [4.78, 5) is 40.3. The highest BCUT2D eigenvalue weighted by molar-refractivity contribution is 5.92. The maximum atomic E-state index is 13.1. The van der Waals surface area contributed by atoms with Gasteiger partial charge in [-0.2, -0.15) is 5.26 Å². The molecule has 0 aromatic heterocycles. The number of nitrogens with zero attached hydrogens (tertiary/aromatic N) is 4. The van der Waals surface area contributed by atoms with Crippen molar-refractivity contribution in [1.82, 2.24) is 16.0 Å². The minimum atomic E-state index is -0.999. The standard InChI is InChI=1S/C22H23N7O3/c23-11-12-25-21(31)18(13-16-7-3-1-4-8-16)28-22(32)19(27-20(30)15-26-29-24)14-17-9-5-2-6-10-17/h1-10,18-19H,12-15H2,(H,25,31)(H,27,30)(H,28,32)/t18-,19-/m0/s1. The highest BCUT2D eigenvalue weighted by Gasteiger charge is 2.27. The Balaban J connectivity index is 2.20. The molecule has 0 fully saturated rings. The van der Waals surface area contributed by atoms with Gasteiger partial charge >= 0.3 is 0 Å². The Morgan fingerprint density at radius 1 is 0.906 bits per heavy atom. The molecular formula is C22H23N7O3. The van der Waals surface area contributed by atoms with Gasteiger partial charge in [-0.25, -0.2) is 0 Å². The average Bonchev–Trinajstić information content (AvgIpc) is 2.81. The lowest BCUT2D eigenvalue weighted by Crippen LogP contribution is -2.55. The third-order valence-corrected chi connectivity index (χ3v) is 4.47. The van der Waals surface area contributed by atoms with Crippen LogP contribution in [0.3, 0.4) is 0 Å². The van der Waals surface area contributed by atoms with Crippen LogP contribution in [0.25, 0.3) is 10.4 Å². The first-order valence-electron chi connectivity index (χ1n) is 9.86. The number of hydrogen-bond donors (Lipinski definition) is 3. The molecule has 3 amide bonds. The Bertz CT molecular complexity index is 999. The van der Waals surface area contributed by atoms with Crippen molar-refractivity contribution in [2.24, 2.45) is 5.11 Å². The molecule has 0 aliphatic carbocycles. The van der Waals surface area contributed by atoms with E-state index in [9.17, 15) is 14.4 Å². The number of carbonyl (C=O) groups excluding carboxylic acids is 3. The van der Waals surface area contributed by atoms with Crippen molar-refractivity contribution in [3.8, 4) is 6.07 Å². The quantitative estimate of drug-likeness (QED) is 0.211. The van der Waals surface area contributed by atoms with Crippen LogP contribution in [-0.2, 0) is 27.2 Å². The van der Waals surface area contributed by atoms with Crippen molar-refractivity contribution in [3.05, 3.63) is 82.2 Å². The van der Waals surface area contributed by atoms with Crippen molar-refractivity contribution in [3.63, 3.8) is 0 Å². The fourth-order valence-electron chi connectivity index (χ4n) is 2.98. The molecule has 0 spiro atoms. The van der Waals surface area contributed by atoms with E-state index < -0.39 is 36.3 Å². The lowest BCUT2D eigenvalue weighted by molar-refractivity contribution is -0.131. The molecule has 3 N–H and O–H groups in total. The summed E-state index contributed by atoms with van der Waals surface area (Å²) in [5.41, 5.74) is 10.0. The number of nitrogens with one attached hydrogen (secondary N) is 3. The molecule has 2 rings (SSSR count). The number of azide groups is 1. The van der Waals surface area contributed by atoms with Gasteiger partial charge in [-0.1, -0.05) is 65.8 Å². The Morgan fingerprint density at radius 3 is 1.94 bits per heavy atom. The molecular weight excluding hydrogens is 410 g/mol. The molecule has 10 heteroatoms. The Morgan fingerprint density at radius 2 is 1.44 bits per heavy atom. The molecule has 10 nitrogen and oxygen atoms in total. The lowest BCUT2D eigenvalue weighted by atomic mass is 10.0. The highest BCUT2D eigenvalue weighted by Crippen LogP contribution is 2.07. The SMILES string of the molecule is N#CCNC(=O)[C@H](Cc1ccccc1)NC(=O)[C@H](Cc1ccccc1)NC(=O)CN=[N+]=[N-]. The monoisotopic (exact) mass is 433 g/mol. The molecule has 0 radical (unpaired) electrons. The topological polar surface area (TPSA) is 160 Å². The fraction of sp³-hybridized carbons (Fsp3) is 0.273. The molecule has 0 unspecified atom stereocenters. The van der Waals surface area contributed by atoms with Gasteiger partial charge in [-0.15, -0.1) is 0 Å². The zero-order valence-corrected chi connectivity index (χ0v) is 17.3. The van der Waals surface area contributed by atoms with Crippen LogP contribution < -0.4 is 16.0 Å². The number of hydrogen-bond acceptors (Lipinski definition) is 5. The maximum Gasteiger partial charge on any atom is 0.243 e. The van der Waals surface area contributed by atoms with Gasteiger partial charge in [0.1, 0.15) is 25.2 Å². The number of nitriles is 1. The summed E-state index contributed by atoms with van der Waals surface area (Å²) in [6.45, 7) is -0.651. The lowest BCUT2D eigenvalue weighted by Gasteiger charge is -2.23. The van der Waals surface area contributed by atoms with E-state index in [1.54, 1.807) is 24.3 Å². The normalized spacial score (nSPS) is 11.7. The van der Waals surface area contributed by atoms with Crippen LogP contribution in [-0.4, -0.2) is 42.9 Å². The summed E-state index contributed by atoms with van der Waals surface area (Å²) in [6.07, 6.45) is 0.376. The van der Waals surface area contributed by atoms with E-state index in [2.05, 4.69) is 26.0 Å². The average molecular weight is 433 g/mol. The molecule has 0 bridgehead atoms. The van der Waals surface area contributed by atoms with E-state index in [-0.39, 0.29) is 19.4 Å². The predicted molar refractivity (Wildman–Crippen MR) is 117 cm³/mol. The van der Waals surface area contributed by atoms with Crippen LogP contribution in [0, 0.1) is 11.3 Å². The predicted octanol–water partition coefficient (Wildman–Crippen LogP) is 1.39. The summed E-state index contributed by atoms with van der Waals surface area (Å²) in [7, 11) is 0. The first kappa shape index (κ1) is 23.9. The second kappa shape index (κ2) is 13.1. The van der Waals surface area contributed by atoms with E-state index in [4.69, 9.17) is 10.8 Å². The van der Waals surface area contributed by atoms with E-state index in [1.165, 1.54) is 0 Å². The van der Waals surface area contributed by atoms with Gasteiger partial charge in [0.2, 0.25) is 17.7 Å². The van der Waals surface area contributed by atoms with E-state index in [1.807, 2.05) is 42.5 Å². The van der Waals surface area contributed by atoms with Gasteiger partial charge in [0.05, 0.1) is 6.07 Å². The minimum absolute atomic E-state index is 0.173. The molecule has 2 aromatic rings. The third-order valence-electron chi connectivity index (χ3n) is 4.47. The molecule has 2 aromatic carbocycles. The smallest absolute Gasteiger partial charge is 0.243 e. The van der Waals surface area contributed by atoms with Gasteiger partial charge in [-0.3, -0.25) is 14.4 Å². The minimum Gasteiger partial charge on any atom is -0.344 e. The van der Waals surface area contributed by atoms with Crippen LogP contribution >= 0.6 is 0 Å². The van der Waals surface area contributed by atoms with Gasteiger partial charge < -0.3 is 16.0 Å². The Labute approximate surface area is 185 Å². The first-order valence-corrected chi connectivity index (χ1v) is 9.86. The van der Waals surface area contributed by atoms with Gasteiger partial charge in [0.15, 0.2) is 0 Å². The van der Waals surface area contributed by atoms with Crippen LogP contribution in [0.15, 0.2) is 65.8 Å². The zero-order valence-electron chi connectivity index (χ0n) is 17.3. The molecule has 0 heterocycles. The van der Waals surface area contributed by atoms with Crippen LogP contribution in [0.2, 0.25) is 0 Å². The summed E-state index contributed by atoms with van der Waals surface area (Å²) in [5.74, 6) is -1.70. The summed E-state index contributed by atoms with van der Waals surface area (Å²) in [6, 6.07) is 18.0. The molecule has 164 valence electrons. The van der Waals surface area contributed by atoms with Gasteiger partial charge in [0.25, 0.3) is 0 Å². The van der Waals surface area contributed by atoms with E-state index in [0.717, 1.165) is 11.1 Å². The van der Waals surface area contributed by atoms with Crippen molar-refractivity contribution < 1.29 is 14.4 Å². The second-order valence-electron chi connectivity index (χ2n) is 6.83. The van der Waals surface area contributed by atoms with Crippen LogP contribution in [0.1, 0.15) is 11.1 Å². The van der Waals surface area contributed by atoms with Gasteiger partial charge in [0, 0.05) is 17.8 Å². The van der Waals surface area contributed by atoms with E-state index >= 15 is 0 Å². The van der Waals surface area contributed by atoms with E-state index in [0.29, 0.717) is 0 Å². The maximum absolute atomic E-state index is 13.1. The molecule has 0 saturated carbocycles. The Kier molecular flexibility index (Phi) is 9.76. The van der Waals surface area contributed by atoms with Crippen LogP contribution in [0.4, 0.5) is 0 Å². The molecule has 0 aliphatic rings. The van der Waals surface area contributed by atoms with Crippen LogP contribution in [0.5, 0.6) is 0 Å². The number of benzene rings is 2. The molecule has 2 atom stereocenters. The first-order chi connectivity index (χ1) is 15.5. The summed E-state index contributed by atoms with van der Waals surface area (Å²) < 4.78 is 0. The van der Waals surface area contributed by atoms with Crippen molar-refractivity contribution in [2.45, 2.75) is 24.9 Å². The zero-order chi connectivity index (χ0) is 23.2. The summed E-state index contributed by atoms with van der Waals surface area (Å²) in [5, 5.41) is 19.7. The summed E-state index contributed by atoms with van der Waals surface area (Å²) >= 11 is 0.